The van der Waals surface area contributed by atoms with Crippen LogP contribution >= 0.6 is 12.2 Å². The minimum atomic E-state index is -0.684. The molecule has 0 atom stereocenters. The first-order valence-electron chi connectivity index (χ1n) is 7.76. The lowest BCUT2D eigenvalue weighted by Crippen LogP contribution is -2.50. The van der Waals surface area contributed by atoms with Crippen LogP contribution in [0.4, 0.5) is 5.69 Å². The fourth-order valence-electron chi connectivity index (χ4n) is 3.35. The number of anilines is 1. The Morgan fingerprint density at radius 2 is 1.90 bits per heavy atom. The predicted octanol–water partition coefficient (Wildman–Crippen LogP) is 3.45. The fraction of sp³-hybridized carbons (Fsp3) is 0.529. The smallest absolute Gasteiger partial charge is 0.240 e. The Labute approximate surface area is 132 Å². The minimum Gasteiger partial charge on any atom is -0.392 e. The Balaban J connectivity index is 2.37. The van der Waals surface area contributed by atoms with Crippen molar-refractivity contribution >= 4 is 28.8 Å². The molecule has 2 rings (SSSR count). The molecule has 0 unspecified atom stereocenters. The number of fused-ring (bicyclic) bond motifs is 1. The van der Waals surface area contributed by atoms with E-state index in [0.29, 0.717) is 4.99 Å². The van der Waals surface area contributed by atoms with Gasteiger partial charge in [0.1, 0.15) is 0 Å². The van der Waals surface area contributed by atoms with Gasteiger partial charge in [0.15, 0.2) is 0 Å². The van der Waals surface area contributed by atoms with E-state index in [0.717, 1.165) is 44.3 Å². The maximum Gasteiger partial charge on any atom is 0.240 e. The van der Waals surface area contributed by atoms with Crippen molar-refractivity contribution in [2.45, 2.75) is 46.0 Å². The second-order valence-electron chi connectivity index (χ2n) is 5.78. The zero-order chi connectivity index (χ0) is 15.5. The van der Waals surface area contributed by atoms with E-state index < -0.39 is 5.41 Å². The van der Waals surface area contributed by atoms with Gasteiger partial charge in [-0.2, -0.15) is 0 Å². The van der Waals surface area contributed by atoms with E-state index >= 15 is 0 Å². The normalized spacial score (nSPS) is 14.1. The van der Waals surface area contributed by atoms with Gasteiger partial charge in [0.25, 0.3) is 0 Å². The zero-order valence-corrected chi connectivity index (χ0v) is 13.7. The molecule has 0 saturated heterocycles. The summed E-state index contributed by atoms with van der Waals surface area (Å²) >= 11 is 5.30. The third-order valence-corrected chi connectivity index (χ3v) is 4.76. The average Bonchev–Trinajstić information content (AvgIpc) is 2.89. The molecule has 0 aliphatic carbocycles. The van der Waals surface area contributed by atoms with E-state index in [-0.39, 0.29) is 5.91 Å². The van der Waals surface area contributed by atoms with Crippen LogP contribution in [0.5, 0.6) is 0 Å². The molecule has 0 bridgehead atoms. The highest BCUT2D eigenvalue weighted by atomic mass is 32.1. The van der Waals surface area contributed by atoms with Crippen molar-refractivity contribution < 1.29 is 4.79 Å². The lowest BCUT2D eigenvalue weighted by Gasteiger charge is -2.35. The van der Waals surface area contributed by atoms with E-state index in [1.165, 1.54) is 5.56 Å². The van der Waals surface area contributed by atoms with Crippen molar-refractivity contribution in [1.82, 2.24) is 0 Å². The number of nitrogens with two attached hydrogens (primary N) is 1. The highest BCUT2D eigenvalue weighted by molar-refractivity contribution is 7.80. The molecule has 0 spiro atoms. The van der Waals surface area contributed by atoms with Gasteiger partial charge in [-0.25, -0.2) is 0 Å². The van der Waals surface area contributed by atoms with E-state index in [9.17, 15) is 4.79 Å². The molecular formula is C17H24N2OS. The molecule has 21 heavy (non-hydrogen) atoms. The highest BCUT2D eigenvalue weighted by Gasteiger charge is 2.44. The Bertz CT molecular complexity index is 535. The molecule has 1 aliphatic rings. The summed E-state index contributed by atoms with van der Waals surface area (Å²) in [7, 11) is 0. The quantitative estimate of drug-likeness (QED) is 0.819. The minimum absolute atomic E-state index is 0.0867. The summed E-state index contributed by atoms with van der Waals surface area (Å²) in [5.74, 6) is 0.0867. The second kappa shape index (κ2) is 6.56. The molecular weight excluding hydrogens is 280 g/mol. The van der Waals surface area contributed by atoms with Crippen LogP contribution in [0.2, 0.25) is 0 Å². The summed E-state index contributed by atoms with van der Waals surface area (Å²) in [4.78, 5) is 15.4. The largest absolute Gasteiger partial charge is 0.392 e. The summed E-state index contributed by atoms with van der Waals surface area (Å²) in [6.07, 6.45) is 4.17. The molecule has 4 heteroatoms. The van der Waals surface area contributed by atoms with E-state index in [1.807, 2.05) is 23.1 Å². The Kier molecular flexibility index (Phi) is 4.99. The van der Waals surface area contributed by atoms with Crippen LogP contribution in [0.1, 0.15) is 45.1 Å². The van der Waals surface area contributed by atoms with Gasteiger partial charge in [-0.3, -0.25) is 4.79 Å². The molecule has 1 heterocycles. The molecule has 0 saturated carbocycles. The first-order valence-corrected chi connectivity index (χ1v) is 8.17. The Morgan fingerprint density at radius 3 is 2.48 bits per heavy atom. The Morgan fingerprint density at radius 1 is 1.29 bits per heavy atom. The summed E-state index contributed by atoms with van der Waals surface area (Å²) in [6, 6.07) is 8.10. The first kappa shape index (κ1) is 16.0. The summed E-state index contributed by atoms with van der Waals surface area (Å²) in [5.41, 5.74) is 7.59. The number of carbonyl (C=O) groups excluding carboxylic acids is 1. The number of para-hydroxylation sites is 1. The first-order chi connectivity index (χ1) is 10.1. The highest BCUT2D eigenvalue weighted by Crippen LogP contribution is 2.37. The predicted molar refractivity (Wildman–Crippen MR) is 91.5 cm³/mol. The molecule has 1 amide bonds. The number of benzene rings is 1. The molecule has 1 aliphatic heterocycles. The molecule has 2 N–H and O–H groups in total. The van der Waals surface area contributed by atoms with Crippen molar-refractivity contribution in [3.8, 4) is 0 Å². The van der Waals surface area contributed by atoms with Crippen LogP contribution in [-0.4, -0.2) is 17.4 Å². The lowest BCUT2D eigenvalue weighted by atomic mass is 9.77. The summed E-state index contributed by atoms with van der Waals surface area (Å²) in [6.45, 7) is 4.89. The van der Waals surface area contributed by atoms with Gasteiger partial charge in [0, 0.05) is 12.2 Å². The molecule has 0 radical (unpaired) electrons. The van der Waals surface area contributed by atoms with Crippen molar-refractivity contribution in [3.63, 3.8) is 0 Å². The van der Waals surface area contributed by atoms with Gasteiger partial charge in [0.05, 0.1) is 10.4 Å². The number of nitrogens with zero attached hydrogens (tertiary/aromatic N) is 1. The second-order valence-corrected chi connectivity index (χ2v) is 6.22. The number of hydrogen-bond acceptors (Lipinski definition) is 2. The maximum atomic E-state index is 13.2. The number of carbonyl (C=O) groups is 1. The maximum absolute atomic E-state index is 13.2. The molecule has 1 aromatic rings. The van der Waals surface area contributed by atoms with Crippen molar-refractivity contribution in [1.29, 1.82) is 0 Å². The van der Waals surface area contributed by atoms with Crippen molar-refractivity contribution in [2.75, 3.05) is 11.4 Å². The molecule has 114 valence electrons. The van der Waals surface area contributed by atoms with Gasteiger partial charge in [0.2, 0.25) is 5.91 Å². The topological polar surface area (TPSA) is 46.3 Å². The number of thiocarbonyl (C=S) groups is 1. The van der Waals surface area contributed by atoms with Gasteiger partial charge < -0.3 is 10.6 Å². The van der Waals surface area contributed by atoms with Gasteiger partial charge in [-0.1, -0.05) is 57.1 Å². The van der Waals surface area contributed by atoms with E-state index in [4.69, 9.17) is 18.0 Å². The van der Waals surface area contributed by atoms with Crippen LogP contribution in [0.3, 0.4) is 0 Å². The number of hydrogen-bond donors (Lipinski definition) is 1. The van der Waals surface area contributed by atoms with Crippen LogP contribution in [0.25, 0.3) is 0 Å². The van der Waals surface area contributed by atoms with E-state index in [2.05, 4.69) is 19.9 Å². The van der Waals surface area contributed by atoms with E-state index in [1.54, 1.807) is 0 Å². The standard InChI is InChI=1S/C17H24N2OS/c1-3-10-17(11-4-2,15(18)21)16(20)19-12-9-13-7-5-6-8-14(13)19/h5-8H,3-4,9-12H2,1-2H3,(H2,18,21). The monoisotopic (exact) mass is 304 g/mol. The average molecular weight is 304 g/mol. The zero-order valence-electron chi connectivity index (χ0n) is 12.9. The lowest BCUT2D eigenvalue weighted by molar-refractivity contribution is -0.125. The van der Waals surface area contributed by atoms with Gasteiger partial charge in [-0.05, 0) is 30.9 Å². The SMILES string of the molecule is CCCC(CCC)(C(=O)N1CCc2ccccc21)C(N)=S. The Hall–Kier alpha value is -1.42. The number of amides is 1. The third-order valence-electron chi connectivity index (χ3n) is 4.37. The van der Waals surface area contributed by atoms with Crippen LogP contribution in [-0.2, 0) is 11.2 Å². The van der Waals surface area contributed by atoms with Crippen molar-refractivity contribution in [2.24, 2.45) is 11.1 Å². The summed E-state index contributed by atoms with van der Waals surface area (Å²) < 4.78 is 0. The van der Waals surface area contributed by atoms with Gasteiger partial charge >= 0.3 is 0 Å². The summed E-state index contributed by atoms with van der Waals surface area (Å²) in [5, 5.41) is 0. The van der Waals surface area contributed by atoms with Crippen LogP contribution < -0.4 is 10.6 Å². The third kappa shape index (κ3) is 2.82. The van der Waals surface area contributed by atoms with Crippen LogP contribution in [0.15, 0.2) is 24.3 Å². The molecule has 0 fully saturated rings. The van der Waals surface area contributed by atoms with Crippen molar-refractivity contribution in [3.05, 3.63) is 29.8 Å². The molecule has 3 nitrogen and oxygen atoms in total. The molecule has 1 aromatic carbocycles. The fourth-order valence-corrected chi connectivity index (χ4v) is 3.64. The van der Waals surface area contributed by atoms with Gasteiger partial charge in [-0.15, -0.1) is 0 Å². The number of rotatable bonds is 6. The molecule has 0 aromatic heterocycles. The van der Waals surface area contributed by atoms with Crippen LogP contribution in [0, 0.1) is 5.41 Å².